The molecule has 2 heterocycles. The quantitative estimate of drug-likeness (QED) is 0.691. The van der Waals surface area contributed by atoms with Crippen molar-refractivity contribution in [1.29, 1.82) is 0 Å². The Labute approximate surface area is 93.8 Å². The number of nitrogens with two attached hydrogens (primary N) is 1. The molecule has 1 aromatic carbocycles. The maximum absolute atomic E-state index is 11.6. The van der Waals surface area contributed by atoms with Gasteiger partial charge in [-0.05, 0) is 17.5 Å². The second kappa shape index (κ2) is 3.49. The number of carbonyl (C=O) groups excluding carboxylic acids is 1. The summed E-state index contributed by atoms with van der Waals surface area (Å²) in [6.07, 6.45) is 2.08. The van der Waals surface area contributed by atoms with Crippen LogP contribution in [0.2, 0.25) is 0 Å². The summed E-state index contributed by atoms with van der Waals surface area (Å²) in [5, 5.41) is 2.91. The Balaban J connectivity index is 2.16. The third-order valence-electron chi connectivity index (χ3n) is 3.24. The highest BCUT2D eigenvalue weighted by Gasteiger charge is 2.26. The van der Waals surface area contributed by atoms with Crippen LogP contribution in [0.15, 0.2) is 12.1 Å². The predicted octanol–water partition coefficient (Wildman–Crippen LogP) is 1.35. The molecular formula is C12H14N2O2. The van der Waals surface area contributed by atoms with Gasteiger partial charge < -0.3 is 15.8 Å². The second-order valence-corrected chi connectivity index (χ2v) is 4.31. The number of benzene rings is 1. The molecule has 1 aromatic rings. The SMILES string of the molecule is NC1CCC(=O)Nc2c1ccc1c2OCC1. The molecular weight excluding hydrogens is 204 g/mol. The van der Waals surface area contributed by atoms with Crippen LogP contribution in [0.1, 0.15) is 30.0 Å². The lowest BCUT2D eigenvalue weighted by Crippen LogP contribution is -2.10. The second-order valence-electron chi connectivity index (χ2n) is 4.31. The molecule has 0 saturated carbocycles. The Bertz CT molecular complexity index is 457. The monoisotopic (exact) mass is 218 g/mol. The van der Waals surface area contributed by atoms with E-state index in [-0.39, 0.29) is 11.9 Å². The van der Waals surface area contributed by atoms with Gasteiger partial charge >= 0.3 is 0 Å². The van der Waals surface area contributed by atoms with E-state index in [1.165, 1.54) is 0 Å². The average Bonchev–Trinajstić information content (AvgIpc) is 2.69. The molecule has 0 radical (unpaired) electrons. The summed E-state index contributed by atoms with van der Waals surface area (Å²) in [4.78, 5) is 11.6. The number of hydrogen-bond acceptors (Lipinski definition) is 3. The van der Waals surface area contributed by atoms with Crippen molar-refractivity contribution in [2.75, 3.05) is 11.9 Å². The molecule has 4 nitrogen and oxygen atoms in total. The summed E-state index contributed by atoms with van der Waals surface area (Å²) in [6, 6.07) is 3.99. The van der Waals surface area contributed by atoms with E-state index in [9.17, 15) is 4.79 Å². The van der Waals surface area contributed by atoms with Gasteiger partial charge in [-0.15, -0.1) is 0 Å². The van der Waals surface area contributed by atoms with E-state index in [1.54, 1.807) is 0 Å². The first-order chi connectivity index (χ1) is 7.75. The molecule has 1 unspecified atom stereocenters. The van der Waals surface area contributed by atoms with Crippen LogP contribution >= 0.6 is 0 Å². The van der Waals surface area contributed by atoms with Crippen molar-refractivity contribution < 1.29 is 9.53 Å². The van der Waals surface area contributed by atoms with Crippen molar-refractivity contribution in [2.45, 2.75) is 25.3 Å². The third kappa shape index (κ3) is 1.38. The Morgan fingerprint density at radius 3 is 3.12 bits per heavy atom. The van der Waals surface area contributed by atoms with Crippen LogP contribution in [0.25, 0.3) is 0 Å². The summed E-state index contributed by atoms with van der Waals surface area (Å²) >= 11 is 0. The highest BCUT2D eigenvalue weighted by molar-refractivity contribution is 5.94. The van der Waals surface area contributed by atoms with Crippen LogP contribution in [0.4, 0.5) is 5.69 Å². The standard InChI is InChI=1S/C12H14N2O2/c13-9-3-4-10(15)14-11-8(9)2-1-7-5-6-16-12(7)11/h1-2,9H,3-6,13H2,(H,14,15). The number of fused-ring (bicyclic) bond motifs is 3. The van der Waals surface area contributed by atoms with Crippen molar-refractivity contribution >= 4 is 11.6 Å². The van der Waals surface area contributed by atoms with Crippen LogP contribution in [0, 0.1) is 0 Å². The molecule has 16 heavy (non-hydrogen) atoms. The molecule has 1 amide bonds. The zero-order valence-corrected chi connectivity index (χ0v) is 8.95. The summed E-state index contributed by atoms with van der Waals surface area (Å²) in [5.74, 6) is 0.848. The van der Waals surface area contributed by atoms with E-state index < -0.39 is 0 Å². The first kappa shape index (κ1) is 9.66. The fraction of sp³-hybridized carbons (Fsp3) is 0.417. The van der Waals surface area contributed by atoms with E-state index in [0.717, 1.165) is 29.0 Å². The van der Waals surface area contributed by atoms with Crippen LogP contribution in [-0.4, -0.2) is 12.5 Å². The van der Waals surface area contributed by atoms with Crippen LogP contribution in [0.3, 0.4) is 0 Å². The molecule has 0 aromatic heterocycles. The molecule has 0 fully saturated rings. The zero-order valence-electron chi connectivity index (χ0n) is 8.95. The number of amides is 1. The van der Waals surface area contributed by atoms with E-state index in [1.807, 2.05) is 6.07 Å². The van der Waals surface area contributed by atoms with Gasteiger partial charge in [0.15, 0.2) is 0 Å². The predicted molar refractivity (Wildman–Crippen MR) is 60.4 cm³/mol. The molecule has 0 spiro atoms. The first-order valence-corrected chi connectivity index (χ1v) is 5.59. The van der Waals surface area contributed by atoms with E-state index in [2.05, 4.69) is 11.4 Å². The van der Waals surface area contributed by atoms with Crippen LogP contribution in [-0.2, 0) is 11.2 Å². The summed E-state index contributed by atoms with van der Waals surface area (Å²) in [6.45, 7) is 0.691. The Morgan fingerprint density at radius 2 is 2.25 bits per heavy atom. The van der Waals surface area contributed by atoms with Crippen molar-refractivity contribution in [3.05, 3.63) is 23.3 Å². The summed E-state index contributed by atoms with van der Waals surface area (Å²) in [7, 11) is 0. The van der Waals surface area contributed by atoms with Gasteiger partial charge in [-0.2, -0.15) is 0 Å². The van der Waals surface area contributed by atoms with Crippen molar-refractivity contribution in [2.24, 2.45) is 5.73 Å². The lowest BCUT2D eigenvalue weighted by molar-refractivity contribution is -0.116. The molecule has 0 bridgehead atoms. The third-order valence-corrected chi connectivity index (χ3v) is 3.24. The molecule has 2 aliphatic rings. The van der Waals surface area contributed by atoms with Crippen molar-refractivity contribution in [1.82, 2.24) is 0 Å². The summed E-state index contributed by atoms with van der Waals surface area (Å²) in [5.41, 5.74) is 9.00. The average molecular weight is 218 g/mol. The zero-order chi connectivity index (χ0) is 11.1. The first-order valence-electron chi connectivity index (χ1n) is 5.59. The number of nitrogens with one attached hydrogen (secondary N) is 1. The number of ether oxygens (including phenoxy) is 1. The minimum atomic E-state index is -0.0801. The molecule has 0 saturated heterocycles. The smallest absolute Gasteiger partial charge is 0.224 e. The highest BCUT2D eigenvalue weighted by atomic mass is 16.5. The topological polar surface area (TPSA) is 64.4 Å². The highest BCUT2D eigenvalue weighted by Crippen LogP contribution is 2.40. The lowest BCUT2D eigenvalue weighted by Gasteiger charge is -2.14. The number of hydrogen-bond donors (Lipinski definition) is 2. The Hall–Kier alpha value is -1.55. The fourth-order valence-electron chi connectivity index (χ4n) is 2.35. The molecule has 4 heteroatoms. The largest absolute Gasteiger partial charge is 0.491 e. The van der Waals surface area contributed by atoms with E-state index >= 15 is 0 Å². The van der Waals surface area contributed by atoms with Gasteiger partial charge in [0.1, 0.15) is 5.75 Å². The molecule has 0 aliphatic carbocycles. The minimum absolute atomic E-state index is 0.0260. The molecule has 3 rings (SSSR count). The number of rotatable bonds is 0. The van der Waals surface area contributed by atoms with E-state index in [0.29, 0.717) is 19.4 Å². The normalized spacial score (nSPS) is 22.8. The van der Waals surface area contributed by atoms with Crippen molar-refractivity contribution in [3.63, 3.8) is 0 Å². The van der Waals surface area contributed by atoms with Crippen molar-refractivity contribution in [3.8, 4) is 5.75 Å². The maximum Gasteiger partial charge on any atom is 0.224 e. The van der Waals surface area contributed by atoms with Gasteiger partial charge in [0.25, 0.3) is 0 Å². The van der Waals surface area contributed by atoms with Gasteiger partial charge in [-0.25, -0.2) is 0 Å². The Morgan fingerprint density at radius 1 is 1.38 bits per heavy atom. The number of anilines is 1. The van der Waals surface area contributed by atoms with E-state index in [4.69, 9.17) is 10.5 Å². The van der Waals surface area contributed by atoms with Gasteiger partial charge in [0.05, 0.1) is 12.3 Å². The maximum atomic E-state index is 11.6. The van der Waals surface area contributed by atoms with Crippen LogP contribution in [0.5, 0.6) is 5.75 Å². The number of carbonyl (C=O) groups is 1. The Kier molecular flexibility index (Phi) is 2.11. The van der Waals surface area contributed by atoms with Gasteiger partial charge in [0.2, 0.25) is 5.91 Å². The fourth-order valence-corrected chi connectivity index (χ4v) is 2.35. The molecule has 1 atom stereocenters. The molecule has 84 valence electrons. The minimum Gasteiger partial charge on any atom is -0.491 e. The molecule has 3 N–H and O–H groups in total. The lowest BCUT2D eigenvalue weighted by atomic mass is 10.00. The van der Waals surface area contributed by atoms with Gasteiger partial charge in [-0.1, -0.05) is 12.1 Å². The van der Waals surface area contributed by atoms with Crippen LogP contribution < -0.4 is 15.8 Å². The summed E-state index contributed by atoms with van der Waals surface area (Å²) < 4.78 is 5.58. The van der Waals surface area contributed by atoms with Gasteiger partial charge in [-0.3, -0.25) is 4.79 Å². The van der Waals surface area contributed by atoms with Gasteiger partial charge in [0, 0.05) is 18.9 Å². The molecule has 2 aliphatic heterocycles.